The summed E-state index contributed by atoms with van der Waals surface area (Å²) in [6, 6.07) is 140. The standard InChI is InChI=1S/2C39H23N3O.C35H21N3O/c1-2-10-25-21-27(18-17-24(25)9-1)37-40-38(28-19-20-36-33(23-28)32-15-7-8-16-35(32)43-36)42-39(41-37)34-22-26-11-3-4-12-29(26)30-13-5-6-14-31(30)34;1-2-10-26-22-27(17-16-24(26)8-1)37-40-38(28-19-21-36-34(23-28)32-12-5-6-15-35(32)43-36)42-39(41-37)33-14-7-13-30-29-11-4-3-9-25(29)18-20-31(30)33;1-2-10-22(11-3-1)33-36-34(24-18-19-29-28-16-8-9-17-31(28)39-32(29)21-24)38-35(37-33)30-20-23-12-4-5-13-25(23)26-14-6-7-15-27(26)30/h2*1-23H;1-21H. The van der Waals surface area contributed by atoms with E-state index < -0.39 is 0 Å². The van der Waals surface area contributed by atoms with Gasteiger partial charge in [0.1, 0.15) is 33.5 Å². The second-order valence-corrected chi connectivity index (χ2v) is 31.4. The highest BCUT2D eigenvalue weighted by Crippen LogP contribution is 2.43. The van der Waals surface area contributed by atoms with E-state index in [0.717, 1.165) is 154 Å². The molecule has 0 saturated carbocycles. The van der Waals surface area contributed by atoms with Crippen LogP contribution in [0.15, 0.2) is 420 Å². The molecule has 0 aliphatic carbocycles. The lowest BCUT2D eigenvalue weighted by Gasteiger charge is -2.12. The van der Waals surface area contributed by atoms with Crippen molar-refractivity contribution in [3.63, 3.8) is 0 Å². The third-order valence-electron chi connectivity index (χ3n) is 23.9. The van der Waals surface area contributed by atoms with Crippen molar-refractivity contribution in [2.45, 2.75) is 0 Å². The minimum absolute atomic E-state index is 0.610. The van der Waals surface area contributed by atoms with Gasteiger partial charge in [0.2, 0.25) is 0 Å². The molecule has 12 heteroatoms. The first kappa shape index (κ1) is 72.0. The Morgan fingerprint density at radius 3 is 0.880 bits per heavy atom. The van der Waals surface area contributed by atoms with Crippen LogP contribution >= 0.6 is 0 Å². The topological polar surface area (TPSA) is 155 Å². The number of nitrogens with zero attached hydrogens (tertiary/aromatic N) is 9. The lowest BCUT2D eigenvalue weighted by molar-refractivity contribution is 0.668. The van der Waals surface area contributed by atoms with Crippen LogP contribution in [0.5, 0.6) is 0 Å². The van der Waals surface area contributed by atoms with Gasteiger partial charge < -0.3 is 13.3 Å². The molecule has 0 radical (unpaired) electrons. The average molecular weight is 1600 g/mol. The molecule has 0 aliphatic heterocycles. The minimum atomic E-state index is 0.610. The number of para-hydroxylation sites is 3. The summed E-state index contributed by atoms with van der Waals surface area (Å²) in [6.07, 6.45) is 0. The molecule has 0 spiro atoms. The maximum atomic E-state index is 6.18. The van der Waals surface area contributed by atoms with Crippen LogP contribution in [-0.2, 0) is 0 Å². The molecular weight excluding hydrogens is 1530 g/mol. The molecule has 6 heterocycles. The van der Waals surface area contributed by atoms with Crippen molar-refractivity contribution in [3.8, 4) is 102 Å². The van der Waals surface area contributed by atoms with Crippen molar-refractivity contribution in [1.82, 2.24) is 44.9 Å². The Balaban J connectivity index is 0.000000105. The zero-order valence-corrected chi connectivity index (χ0v) is 66.9. The summed E-state index contributed by atoms with van der Waals surface area (Å²) in [6.45, 7) is 0. The number of hydrogen-bond acceptors (Lipinski definition) is 12. The van der Waals surface area contributed by atoms with Crippen molar-refractivity contribution in [2.24, 2.45) is 0 Å². The predicted octanol–water partition coefficient (Wildman–Crippen LogP) is 29.5. The number of aromatic nitrogens is 9. The highest BCUT2D eigenvalue weighted by molar-refractivity contribution is 6.16. The van der Waals surface area contributed by atoms with Gasteiger partial charge in [-0.1, -0.05) is 315 Å². The lowest BCUT2D eigenvalue weighted by Crippen LogP contribution is -2.01. The van der Waals surface area contributed by atoms with Crippen LogP contribution < -0.4 is 0 Å². The molecule has 0 aliphatic rings. The van der Waals surface area contributed by atoms with Gasteiger partial charge in [-0.15, -0.1) is 0 Å². The number of rotatable bonds is 9. The molecule has 6 aromatic heterocycles. The van der Waals surface area contributed by atoms with Crippen LogP contribution in [0.1, 0.15) is 0 Å². The molecule has 0 fully saturated rings. The SMILES string of the molecule is c1ccc(-c2nc(-c3ccc4c(c3)oc3ccccc34)nc(-c3cc4ccccc4c4ccccc34)n2)cc1.c1ccc2cc(-c3nc(-c4ccc5oc6ccccc6c5c4)nc(-c4cc5ccccc5c5ccccc45)n3)ccc2c1.c1ccc2cc(-c3nc(-c4ccc5oc6ccccc6c5c4)nc(-c4cccc5c4ccc4ccccc45)n3)ccc2c1. The lowest BCUT2D eigenvalue weighted by atomic mass is 9.97. The van der Waals surface area contributed by atoms with E-state index in [1.807, 2.05) is 115 Å². The average Bonchev–Trinajstić information content (AvgIpc) is 1.40. The Labute approximate surface area is 714 Å². The van der Waals surface area contributed by atoms with E-state index in [4.69, 9.17) is 58.1 Å². The Kier molecular flexibility index (Phi) is 17.3. The third kappa shape index (κ3) is 13.0. The van der Waals surface area contributed by atoms with Crippen molar-refractivity contribution in [3.05, 3.63) is 406 Å². The summed E-state index contributed by atoms with van der Waals surface area (Å²) in [5.74, 6) is 5.71. The largest absolute Gasteiger partial charge is 0.456 e. The molecule has 125 heavy (non-hydrogen) atoms. The van der Waals surface area contributed by atoms with Crippen LogP contribution in [0.2, 0.25) is 0 Å². The van der Waals surface area contributed by atoms with Gasteiger partial charge in [0, 0.05) is 82.4 Å². The summed E-state index contributed by atoms with van der Waals surface area (Å²) in [5.41, 5.74) is 13.6. The zero-order chi connectivity index (χ0) is 82.4. The van der Waals surface area contributed by atoms with E-state index in [0.29, 0.717) is 52.4 Å². The monoisotopic (exact) mass is 1600 g/mol. The fourth-order valence-electron chi connectivity index (χ4n) is 17.8. The van der Waals surface area contributed by atoms with Gasteiger partial charge in [-0.3, -0.25) is 0 Å². The first-order valence-electron chi connectivity index (χ1n) is 41.7. The Morgan fingerprint density at radius 1 is 0.120 bits per heavy atom. The first-order chi connectivity index (χ1) is 61.9. The van der Waals surface area contributed by atoms with Gasteiger partial charge in [0.25, 0.3) is 0 Å². The summed E-state index contributed by atoms with van der Waals surface area (Å²) in [4.78, 5) is 45.6. The molecule has 582 valence electrons. The van der Waals surface area contributed by atoms with E-state index in [2.05, 4.69) is 291 Å². The molecule has 0 atom stereocenters. The number of benzene rings is 20. The van der Waals surface area contributed by atoms with Crippen LogP contribution in [0.4, 0.5) is 0 Å². The van der Waals surface area contributed by atoms with Crippen LogP contribution in [0.3, 0.4) is 0 Å². The molecule has 20 aromatic carbocycles. The zero-order valence-electron chi connectivity index (χ0n) is 66.9. The molecule has 26 aromatic rings. The quantitative estimate of drug-likeness (QED) is 0.126. The fourth-order valence-corrected chi connectivity index (χ4v) is 17.8. The Hall–Kier alpha value is -17.1. The van der Waals surface area contributed by atoms with Crippen molar-refractivity contribution >= 4 is 152 Å². The second-order valence-electron chi connectivity index (χ2n) is 31.4. The highest BCUT2D eigenvalue weighted by Gasteiger charge is 2.23. The predicted molar refractivity (Wildman–Crippen MR) is 510 cm³/mol. The van der Waals surface area contributed by atoms with Crippen LogP contribution in [-0.4, -0.2) is 44.9 Å². The van der Waals surface area contributed by atoms with Gasteiger partial charge >= 0.3 is 0 Å². The highest BCUT2D eigenvalue weighted by atomic mass is 16.3. The van der Waals surface area contributed by atoms with Crippen molar-refractivity contribution < 1.29 is 13.3 Å². The maximum Gasteiger partial charge on any atom is 0.164 e. The van der Waals surface area contributed by atoms with Gasteiger partial charge in [0.15, 0.2) is 52.4 Å². The number of furan rings is 3. The number of fused-ring (bicyclic) bond motifs is 20. The second kappa shape index (κ2) is 30.0. The molecule has 0 bridgehead atoms. The minimum Gasteiger partial charge on any atom is -0.456 e. The third-order valence-corrected chi connectivity index (χ3v) is 23.9. The summed E-state index contributed by atoms with van der Waals surface area (Å²) >= 11 is 0. The van der Waals surface area contributed by atoms with Gasteiger partial charge in [0.05, 0.1) is 0 Å². The molecule has 26 rings (SSSR count). The molecular formula is C113H67N9O3. The molecule has 0 saturated heterocycles. The van der Waals surface area contributed by atoms with Gasteiger partial charge in [-0.05, 0) is 177 Å². The van der Waals surface area contributed by atoms with Crippen LogP contribution in [0.25, 0.3) is 254 Å². The molecule has 0 amide bonds. The molecule has 0 unspecified atom stereocenters. The van der Waals surface area contributed by atoms with E-state index in [-0.39, 0.29) is 0 Å². The number of hydrogen-bond donors (Lipinski definition) is 0. The summed E-state index contributed by atoms with van der Waals surface area (Å²) < 4.78 is 18.4. The molecule has 0 N–H and O–H groups in total. The van der Waals surface area contributed by atoms with E-state index in [1.54, 1.807) is 0 Å². The van der Waals surface area contributed by atoms with Crippen molar-refractivity contribution in [1.29, 1.82) is 0 Å². The Morgan fingerprint density at radius 2 is 0.400 bits per heavy atom. The Bertz CT molecular complexity index is 8840. The van der Waals surface area contributed by atoms with E-state index in [1.165, 1.54) is 48.5 Å². The smallest absolute Gasteiger partial charge is 0.164 e. The summed E-state index contributed by atoms with van der Waals surface area (Å²) in [5, 5.41) is 25.1. The van der Waals surface area contributed by atoms with Gasteiger partial charge in [-0.25, -0.2) is 44.9 Å². The van der Waals surface area contributed by atoms with E-state index >= 15 is 0 Å². The maximum absolute atomic E-state index is 6.18. The van der Waals surface area contributed by atoms with Crippen LogP contribution in [0, 0.1) is 0 Å². The van der Waals surface area contributed by atoms with Gasteiger partial charge in [-0.2, -0.15) is 0 Å². The summed E-state index contributed by atoms with van der Waals surface area (Å²) in [7, 11) is 0. The normalized spacial score (nSPS) is 11.7. The fraction of sp³-hybridized carbons (Fsp3) is 0. The van der Waals surface area contributed by atoms with Crippen molar-refractivity contribution in [2.75, 3.05) is 0 Å². The van der Waals surface area contributed by atoms with E-state index in [9.17, 15) is 0 Å². The molecule has 12 nitrogen and oxygen atoms in total. The first-order valence-corrected chi connectivity index (χ1v) is 41.7.